The lowest BCUT2D eigenvalue weighted by molar-refractivity contribution is -0.125. The van der Waals surface area contributed by atoms with Gasteiger partial charge >= 0.3 is 0 Å². The molecule has 21 heavy (non-hydrogen) atoms. The molecule has 7 nitrogen and oxygen atoms in total. The molecule has 110 valence electrons. The number of hydrogen-bond acceptors (Lipinski definition) is 5. The van der Waals surface area contributed by atoms with Crippen LogP contribution in [-0.2, 0) is 16.1 Å². The standard InChI is InChI=1S/C13H15N5O2S/c1-3-17-5-8(4-15-17)11-10(12(14)20)7(2)16-13-18(11)9(19)6-21-13/h4-5,11H,3,6H2,1-2H3,(H2,14,20)/t11-/m1/s1. The van der Waals surface area contributed by atoms with Gasteiger partial charge in [0.25, 0.3) is 0 Å². The third-order valence-corrected chi connectivity index (χ3v) is 4.48. The smallest absolute Gasteiger partial charge is 0.248 e. The van der Waals surface area contributed by atoms with E-state index in [-0.39, 0.29) is 5.91 Å². The molecule has 2 amide bonds. The minimum absolute atomic E-state index is 0.0701. The number of nitrogens with two attached hydrogens (primary N) is 1. The number of aryl methyl sites for hydroxylation is 1. The Bertz CT molecular complexity index is 690. The van der Waals surface area contributed by atoms with Crippen LogP contribution in [0.3, 0.4) is 0 Å². The van der Waals surface area contributed by atoms with Crippen LogP contribution < -0.4 is 5.73 Å². The Labute approximate surface area is 125 Å². The van der Waals surface area contributed by atoms with Gasteiger partial charge in [-0.25, -0.2) is 4.99 Å². The number of rotatable bonds is 3. The molecule has 0 aromatic carbocycles. The van der Waals surface area contributed by atoms with Crippen LogP contribution in [0.25, 0.3) is 0 Å². The molecule has 1 aromatic heterocycles. The van der Waals surface area contributed by atoms with Gasteiger partial charge < -0.3 is 5.73 Å². The number of amidine groups is 1. The molecule has 2 aliphatic heterocycles. The highest BCUT2D eigenvalue weighted by atomic mass is 32.2. The summed E-state index contributed by atoms with van der Waals surface area (Å²) < 4.78 is 1.75. The molecule has 0 unspecified atom stereocenters. The zero-order valence-corrected chi connectivity index (χ0v) is 12.6. The van der Waals surface area contributed by atoms with Crippen LogP contribution in [0, 0.1) is 0 Å². The summed E-state index contributed by atoms with van der Waals surface area (Å²) >= 11 is 1.38. The normalized spacial score (nSPS) is 21.6. The quantitative estimate of drug-likeness (QED) is 0.887. The van der Waals surface area contributed by atoms with Crippen molar-refractivity contribution in [1.82, 2.24) is 14.7 Å². The Kier molecular flexibility index (Phi) is 3.32. The summed E-state index contributed by atoms with van der Waals surface area (Å²) in [4.78, 5) is 29.9. The summed E-state index contributed by atoms with van der Waals surface area (Å²) in [5, 5.41) is 4.85. The lowest BCUT2D eigenvalue weighted by atomic mass is 9.96. The van der Waals surface area contributed by atoms with Crippen LogP contribution >= 0.6 is 11.8 Å². The van der Waals surface area contributed by atoms with Crippen LogP contribution in [0.5, 0.6) is 0 Å². The summed E-state index contributed by atoms with van der Waals surface area (Å²) in [5.41, 5.74) is 7.20. The molecule has 3 rings (SSSR count). The van der Waals surface area contributed by atoms with Gasteiger partial charge in [-0.15, -0.1) is 0 Å². The van der Waals surface area contributed by atoms with Crippen LogP contribution in [0.2, 0.25) is 0 Å². The van der Waals surface area contributed by atoms with Gasteiger partial charge in [0.05, 0.1) is 29.3 Å². The monoisotopic (exact) mass is 305 g/mol. The molecule has 0 saturated carbocycles. The van der Waals surface area contributed by atoms with E-state index in [9.17, 15) is 9.59 Å². The first-order chi connectivity index (χ1) is 10.0. The van der Waals surface area contributed by atoms with E-state index < -0.39 is 11.9 Å². The maximum Gasteiger partial charge on any atom is 0.248 e. The number of fused-ring (bicyclic) bond motifs is 1. The van der Waals surface area contributed by atoms with Gasteiger partial charge in [-0.05, 0) is 13.8 Å². The number of primary amides is 1. The van der Waals surface area contributed by atoms with Crippen molar-refractivity contribution in [3.05, 3.63) is 29.2 Å². The topological polar surface area (TPSA) is 93.6 Å². The molecule has 8 heteroatoms. The second-order valence-corrected chi connectivity index (χ2v) is 5.78. The lowest BCUT2D eigenvalue weighted by Gasteiger charge is -2.31. The van der Waals surface area contributed by atoms with Crippen molar-refractivity contribution in [2.24, 2.45) is 10.7 Å². The van der Waals surface area contributed by atoms with Gasteiger partial charge in [0.15, 0.2) is 5.17 Å². The molecule has 1 fully saturated rings. The summed E-state index contributed by atoms with van der Waals surface area (Å²) in [6.45, 7) is 4.42. The molecule has 3 heterocycles. The molecule has 2 aliphatic rings. The number of carbonyl (C=O) groups excluding carboxylic acids is 2. The Morgan fingerprint density at radius 3 is 2.95 bits per heavy atom. The summed E-state index contributed by atoms with van der Waals surface area (Å²) in [6.07, 6.45) is 3.50. The number of thioether (sulfide) groups is 1. The first-order valence-electron chi connectivity index (χ1n) is 6.59. The fourth-order valence-corrected chi connectivity index (χ4v) is 3.51. The maximum absolute atomic E-state index is 12.2. The lowest BCUT2D eigenvalue weighted by Crippen LogP contribution is -2.40. The number of aliphatic imine (C=N–C) groups is 1. The maximum atomic E-state index is 12.2. The minimum atomic E-state index is -0.561. The molecular formula is C13H15N5O2S. The summed E-state index contributed by atoms with van der Waals surface area (Å²) in [7, 11) is 0. The van der Waals surface area contributed by atoms with Crippen molar-refractivity contribution in [3.63, 3.8) is 0 Å². The van der Waals surface area contributed by atoms with Crippen LogP contribution in [0.1, 0.15) is 25.5 Å². The highest BCUT2D eigenvalue weighted by Crippen LogP contribution is 2.40. The van der Waals surface area contributed by atoms with Crippen molar-refractivity contribution < 1.29 is 9.59 Å². The van der Waals surface area contributed by atoms with Crippen LogP contribution in [0.15, 0.2) is 28.7 Å². The Morgan fingerprint density at radius 2 is 2.33 bits per heavy atom. The van der Waals surface area contributed by atoms with Crippen molar-refractivity contribution in [3.8, 4) is 0 Å². The minimum Gasteiger partial charge on any atom is -0.366 e. The number of carbonyl (C=O) groups is 2. The van der Waals surface area contributed by atoms with Gasteiger partial charge in [-0.1, -0.05) is 11.8 Å². The second-order valence-electron chi connectivity index (χ2n) is 4.84. The van der Waals surface area contributed by atoms with Crippen molar-refractivity contribution in [1.29, 1.82) is 0 Å². The third-order valence-electron chi connectivity index (χ3n) is 3.54. The van der Waals surface area contributed by atoms with E-state index in [1.54, 1.807) is 22.7 Å². The molecule has 0 bridgehead atoms. The van der Waals surface area contributed by atoms with E-state index in [2.05, 4.69) is 10.1 Å². The third kappa shape index (κ3) is 2.15. The van der Waals surface area contributed by atoms with E-state index in [0.29, 0.717) is 28.7 Å². The highest BCUT2D eigenvalue weighted by Gasteiger charge is 2.42. The molecule has 0 aliphatic carbocycles. The van der Waals surface area contributed by atoms with Gasteiger partial charge in [0.1, 0.15) is 0 Å². The summed E-state index contributed by atoms with van der Waals surface area (Å²) in [6, 6.07) is -0.530. The Balaban J connectivity index is 2.14. The highest BCUT2D eigenvalue weighted by molar-refractivity contribution is 8.15. The molecule has 1 saturated heterocycles. The van der Waals surface area contributed by atoms with Crippen molar-refractivity contribution in [2.45, 2.75) is 26.4 Å². The Hall–Kier alpha value is -2.09. The van der Waals surface area contributed by atoms with Crippen molar-refractivity contribution in [2.75, 3.05) is 5.75 Å². The fraction of sp³-hybridized carbons (Fsp3) is 0.385. The van der Waals surface area contributed by atoms with E-state index in [1.807, 2.05) is 13.1 Å². The average Bonchev–Trinajstić information content (AvgIpc) is 3.04. The first kappa shape index (κ1) is 13.9. The zero-order chi connectivity index (χ0) is 15.1. The molecular weight excluding hydrogens is 290 g/mol. The first-order valence-corrected chi connectivity index (χ1v) is 7.58. The van der Waals surface area contributed by atoms with Gasteiger partial charge in [-0.2, -0.15) is 5.10 Å². The van der Waals surface area contributed by atoms with Gasteiger partial charge in [-0.3, -0.25) is 19.2 Å². The predicted octanol–water partition coefficient (Wildman–Crippen LogP) is 0.648. The van der Waals surface area contributed by atoms with Gasteiger partial charge in [0.2, 0.25) is 11.8 Å². The number of hydrogen-bond donors (Lipinski definition) is 1. The molecule has 0 radical (unpaired) electrons. The van der Waals surface area contributed by atoms with Gasteiger partial charge in [0, 0.05) is 18.3 Å². The number of amides is 2. The summed E-state index contributed by atoms with van der Waals surface area (Å²) in [5.74, 6) is -0.301. The predicted molar refractivity (Wildman–Crippen MR) is 79.3 cm³/mol. The van der Waals surface area contributed by atoms with Crippen molar-refractivity contribution >= 4 is 28.7 Å². The van der Waals surface area contributed by atoms with E-state index in [4.69, 9.17) is 5.73 Å². The molecule has 0 spiro atoms. The molecule has 2 N–H and O–H groups in total. The number of allylic oxidation sites excluding steroid dienone is 1. The second kappa shape index (κ2) is 5.03. The van der Waals surface area contributed by atoms with Crippen LogP contribution in [0.4, 0.5) is 0 Å². The SMILES string of the molecule is CCn1cc([C@@H]2C(C(N)=O)=C(C)N=C3SCC(=O)N32)cn1. The van der Waals surface area contributed by atoms with E-state index in [0.717, 1.165) is 5.56 Å². The number of aromatic nitrogens is 2. The van der Waals surface area contributed by atoms with E-state index >= 15 is 0 Å². The Morgan fingerprint density at radius 1 is 1.57 bits per heavy atom. The average molecular weight is 305 g/mol. The molecule has 1 aromatic rings. The fourth-order valence-electron chi connectivity index (χ4n) is 2.57. The zero-order valence-electron chi connectivity index (χ0n) is 11.7. The van der Waals surface area contributed by atoms with E-state index in [1.165, 1.54) is 11.8 Å². The largest absolute Gasteiger partial charge is 0.366 e. The number of nitrogens with zero attached hydrogens (tertiary/aromatic N) is 4. The molecule has 1 atom stereocenters. The van der Waals surface area contributed by atoms with Crippen LogP contribution in [-0.4, -0.2) is 37.4 Å².